The van der Waals surface area contributed by atoms with Gasteiger partial charge in [0.1, 0.15) is 0 Å². The number of nitrogens with zero attached hydrogens (tertiary/aromatic N) is 1. The highest BCUT2D eigenvalue weighted by Crippen LogP contribution is 2.27. The van der Waals surface area contributed by atoms with E-state index in [1.807, 2.05) is 0 Å². The lowest BCUT2D eigenvalue weighted by Crippen LogP contribution is -2.04. The van der Waals surface area contributed by atoms with Crippen molar-refractivity contribution in [2.75, 3.05) is 5.32 Å². The van der Waals surface area contributed by atoms with Gasteiger partial charge in [0.25, 0.3) is 5.69 Å². The third kappa shape index (κ3) is 3.85. The van der Waals surface area contributed by atoms with Crippen molar-refractivity contribution >= 4 is 34.6 Å². The van der Waals surface area contributed by atoms with Crippen LogP contribution in [0, 0.1) is 10.1 Å². The van der Waals surface area contributed by atoms with Gasteiger partial charge in [-0.3, -0.25) is 10.1 Å². The summed E-state index contributed by atoms with van der Waals surface area (Å²) in [6.45, 7) is 0.0919. The van der Waals surface area contributed by atoms with Crippen LogP contribution in [0.4, 0.5) is 11.4 Å². The molecule has 21 heavy (non-hydrogen) atoms. The highest BCUT2D eigenvalue weighted by atomic mass is 35.5. The molecule has 0 unspecified atom stereocenters. The Morgan fingerprint density at radius 3 is 2.62 bits per heavy atom. The van der Waals surface area contributed by atoms with Gasteiger partial charge in [-0.05, 0) is 29.8 Å². The summed E-state index contributed by atoms with van der Waals surface area (Å²) in [6, 6.07) is 9.43. The second-order valence-electron chi connectivity index (χ2n) is 4.36. The Kier molecular flexibility index (Phi) is 5.01. The maximum atomic E-state index is 11.0. The van der Waals surface area contributed by atoms with Crippen LogP contribution in [0.5, 0.6) is 0 Å². The summed E-state index contributed by atoms with van der Waals surface area (Å²) in [5.74, 6) is 0. The normalized spacial score (nSPS) is 10.4. The number of nitro groups is 1. The van der Waals surface area contributed by atoms with E-state index >= 15 is 0 Å². The molecule has 2 N–H and O–H groups in total. The van der Waals surface area contributed by atoms with Crippen molar-refractivity contribution in [2.45, 2.75) is 13.2 Å². The first-order chi connectivity index (χ1) is 10.0. The van der Waals surface area contributed by atoms with Crippen LogP contribution in [0.1, 0.15) is 11.1 Å². The van der Waals surface area contributed by atoms with E-state index in [1.54, 1.807) is 18.2 Å². The minimum Gasteiger partial charge on any atom is -0.392 e. The fourth-order valence-corrected chi connectivity index (χ4v) is 2.25. The van der Waals surface area contributed by atoms with Crippen LogP contribution in [0.25, 0.3) is 0 Å². The van der Waals surface area contributed by atoms with E-state index < -0.39 is 4.92 Å². The van der Waals surface area contributed by atoms with Gasteiger partial charge in [0.05, 0.1) is 27.8 Å². The van der Waals surface area contributed by atoms with Crippen molar-refractivity contribution in [1.29, 1.82) is 0 Å². The van der Waals surface area contributed by atoms with E-state index in [0.717, 1.165) is 0 Å². The van der Waals surface area contributed by atoms with Crippen LogP contribution in [0.2, 0.25) is 10.0 Å². The Labute approximate surface area is 131 Å². The molecule has 2 aromatic rings. The number of halogens is 2. The summed E-state index contributed by atoms with van der Waals surface area (Å²) in [4.78, 5) is 10.5. The third-order valence-corrected chi connectivity index (χ3v) is 3.49. The predicted octanol–water partition coefficient (Wildman–Crippen LogP) is 4.01. The monoisotopic (exact) mass is 326 g/mol. The lowest BCUT2D eigenvalue weighted by atomic mass is 10.1. The molecule has 0 amide bonds. The molecule has 0 heterocycles. The number of aliphatic hydroxyl groups excluding tert-OH is 1. The van der Waals surface area contributed by atoms with Crippen molar-refractivity contribution in [3.05, 3.63) is 67.7 Å². The van der Waals surface area contributed by atoms with Gasteiger partial charge in [0, 0.05) is 17.6 Å². The molecule has 7 heteroatoms. The zero-order valence-electron chi connectivity index (χ0n) is 10.8. The summed E-state index contributed by atoms with van der Waals surface area (Å²) in [5, 5.41) is 24.0. The van der Waals surface area contributed by atoms with E-state index in [0.29, 0.717) is 26.9 Å². The SMILES string of the molecule is O=[N+]([O-])c1ccc(Cl)cc1CNc1cc(CO)ccc1Cl. The Morgan fingerprint density at radius 2 is 1.95 bits per heavy atom. The minimum atomic E-state index is -0.459. The van der Waals surface area contributed by atoms with Gasteiger partial charge >= 0.3 is 0 Å². The van der Waals surface area contributed by atoms with E-state index in [2.05, 4.69) is 5.32 Å². The summed E-state index contributed by atoms with van der Waals surface area (Å²) in [5.41, 5.74) is 1.74. The predicted molar refractivity (Wildman–Crippen MR) is 82.8 cm³/mol. The highest BCUT2D eigenvalue weighted by molar-refractivity contribution is 6.33. The maximum absolute atomic E-state index is 11.0. The number of nitrogens with one attached hydrogen (secondary N) is 1. The van der Waals surface area contributed by atoms with Crippen molar-refractivity contribution < 1.29 is 10.0 Å². The van der Waals surface area contributed by atoms with E-state index in [-0.39, 0.29) is 18.8 Å². The Balaban J connectivity index is 2.24. The number of hydrogen-bond acceptors (Lipinski definition) is 4. The molecule has 0 fully saturated rings. The van der Waals surface area contributed by atoms with Crippen molar-refractivity contribution in [1.82, 2.24) is 0 Å². The van der Waals surface area contributed by atoms with Gasteiger partial charge < -0.3 is 10.4 Å². The maximum Gasteiger partial charge on any atom is 0.274 e. The van der Waals surface area contributed by atoms with Gasteiger partial charge in [0.2, 0.25) is 0 Å². The fraction of sp³-hybridized carbons (Fsp3) is 0.143. The molecule has 0 bridgehead atoms. The van der Waals surface area contributed by atoms with Crippen molar-refractivity contribution in [2.24, 2.45) is 0 Å². The molecule has 0 atom stereocenters. The van der Waals surface area contributed by atoms with E-state index in [1.165, 1.54) is 18.2 Å². The summed E-state index contributed by atoms with van der Waals surface area (Å²) >= 11 is 11.9. The molecule has 0 radical (unpaired) electrons. The molecule has 2 rings (SSSR count). The number of benzene rings is 2. The number of anilines is 1. The Bertz CT molecular complexity index is 677. The zero-order valence-corrected chi connectivity index (χ0v) is 12.4. The number of rotatable bonds is 5. The first-order valence-corrected chi connectivity index (χ1v) is 6.83. The smallest absolute Gasteiger partial charge is 0.274 e. The molecule has 0 aliphatic rings. The van der Waals surface area contributed by atoms with Crippen LogP contribution in [-0.2, 0) is 13.2 Å². The van der Waals surface area contributed by atoms with Gasteiger partial charge in [0.15, 0.2) is 0 Å². The average Bonchev–Trinajstić information content (AvgIpc) is 2.46. The average molecular weight is 327 g/mol. The van der Waals surface area contributed by atoms with Gasteiger partial charge in [-0.2, -0.15) is 0 Å². The molecular weight excluding hydrogens is 315 g/mol. The van der Waals surface area contributed by atoms with Crippen molar-refractivity contribution in [3.8, 4) is 0 Å². The van der Waals surface area contributed by atoms with Crippen LogP contribution >= 0.6 is 23.2 Å². The van der Waals surface area contributed by atoms with Crippen molar-refractivity contribution in [3.63, 3.8) is 0 Å². The second kappa shape index (κ2) is 6.76. The van der Waals surface area contributed by atoms with Gasteiger partial charge in [-0.15, -0.1) is 0 Å². The van der Waals surface area contributed by atoms with Crippen LogP contribution in [0.3, 0.4) is 0 Å². The molecule has 0 spiro atoms. The zero-order chi connectivity index (χ0) is 15.4. The summed E-state index contributed by atoms with van der Waals surface area (Å²) in [6.07, 6.45) is 0. The Morgan fingerprint density at radius 1 is 1.19 bits per heavy atom. The number of aliphatic hydroxyl groups is 1. The topological polar surface area (TPSA) is 75.4 Å². The molecule has 0 aromatic heterocycles. The fourth-order valence-electron chi connectivity index (χ4n) is 1.87. The van der Waals surface area contributed by atoms with Gasteiger partial charge in [-0.1, -0.05) is 29.3 Å². The quantitative estimate of drug-likeness (QED) is 0.643. The molecule has 0 aliphatic carbocycles. The summed E-state index contributed by atoms with van der Waals surface area (Å²) in [7, 11) is 0. The highest BCUT2D eigenvalue weighted by Gasteiger charge is 2.14. The number of hydrogen-bond donors (Lipinski definition) is 2. The first kappa shape index (κ1) is 15.6. The molecule has 2 aromatic carbocycles. The van der Waals surface area contributed by atoms with Gasteiger partial charge in [-0.25, -0.2) is 0 Å². The minimum absolute atomic E-state index is 0.0127. The first-order valence-electron chi connectivity index (χ1n) is 6.07. The lowest BCUT2D eigenvalue weighted by Gasteiger charge is -2.10. The van der Waals surface area contributed by atoms with E-state index in [9.17, 15) is 10.1 Å². The second-order valence-corrected chi connectivity index (χ2v) is 5.20. The molecule has 110 valence electrons. The molecule has 5 nitrogen and oxygen atoms in total. The largest absolute Gasteiger partial charge is 0.392 e. The standard InChI is InChI=1S/C14H12Cl2N2O3/c15-11-2-4-14(18(20)21)10(6-11)7-17-13-5-9(8-19)1-3-12(13)16/h1-6,17,19H,7-8H2. The molecule has 0 saturated heterocycles. The third-order valence-electron chi connectivity index (χ3n) is 2.92. The number of nitro benzene ring substituents is 1. The lowest BCUT2D eigenvalue weighted by molar-refractivity contribution is -0.385. The molecular formula is C14H12Cl2N2O3. The summed E-state index contributed by atoms with van der Waals surface area (Å²) < 4.78 is 0. The van der Waals surface area contributed by atoms with E-state index in [4.69, 9.17) is 28.3 Å². The van der Waals surface area contributed by atoms with Crippen LogP contribution in [0.15, 0.2) is 36.4 Å². The molecule has 0 aliphatic heterocycles. The molecule has 0 saturated carbocycles. The van der Waals surface area contributed by atoms with Crippen LogP contribution < -0.4 is 5.32 Å². The Hall–Kier alpha value is -1.82. The van der Waals surface area contributed by atoms with Crippen LogP contribution in [-0.4, -0.2) is 10.0 Å².